The third-order valence-electron chi connectivity index (χ3n) is 5.04. The second-order valence-electron chi connectivity index (χ2n) is 6.76. The van der Waals surface area contributed by atoms with Crippen LogP contribution < -0.4 is 4.90 Å². The third kappa shape index (κ3) is 4.37. The minimum Gasteiger partial charge on any atom is -0.307 e. The number of carbonyl (C=O) groups excluding carboxylic acids is 1. The van der Waals surface area contributed by atoms with Gasteiger partial charge in [0.25, 0.3) is 5.91 Å². The number of hydrogen-bond acceptors (Lipinski definition) is 3. The molecule has 0 N–H and O–H groups in total. The molecule has 0 saturated carbocycles. The summed E-state index contributed by atoms with van der Waals surface area (Å²) in [5.41, 5.74) is 1.85. The van der Waals surface area contributed by atoms with Gasteiger partial charge in [-0.25, -0.2) is 9.37 Å². The lowest BCUT2D eigenvalue weighted by molar-refractivity contribution is 0.0987. The molecule has 7 heteroatoms. The number of halogens is 3. The van der Waals surface area contributed by atoms with E-state index in [1.165, 1.54) is 18.2 Å². The van der Waals surface area contributed by atoms with Gasteiger partial charge in [-0.1, -0.05) is 36.2 Å². The number of amides is 1. The van der Waals surface area contributed by atoms with Crippen molar-refractivity contribution < 1.29 is 9.18 Å². The van der Waals surface area contributed by atoms with E-state index in [9.17, 15) is 9.18 Å². The molecule has 1 aromatic carbocycles. The molecule has 0 radical (unpaired) electrons. The van der Waals surface area contributed by atoms with E-state index in [2.05, 4.69) is 23.4 Å². The minimum absolute atomic E-state index is 0.0487. The zero-order chi connectivity index (χ0) is 20.3. The lowest BCUT2D eigenvalue weighted by Gasteiger charge is -2.21. The lowest BCUT2D eigenvalue weighted by Crippen LogP contribution is -2.31. The van der Waals surface area contributed by atoms with Gasteiger partial charge in [0, 0.05) is 24.7 Å². The Morgan fingerprint density at radius 2 is 2.18 bits per heavy atom. The van der Waals surface area contributed by atoms with Crippen LogP contribution in [-0.2, 0) is 0 Å². The number of anilines is 1. The van der Waals surface area contributed by atoms with Crippen molar-refractivity contribution in [3.05, 3.63) is 70.2 Å². The van der Waals surface area contributed by atoms with Crippen LogP contribution in [-0.4, -0.2) is 42.0 Å². The number of benzene rings is 1. The largest absolute Gasteiger partial charge is 0.307 e. The van der Waals surface area contributed by atoms with Gasteiger partial charge < -0.3 is 4.90 Å². The molecule has 28 heavy (non-hydrogen) atoms. The molecule has 2 aromatic rings. The van der Waals surface area contributed by atoms with Crippen molar-refractivity contribution in [2.24, 2.45) is 0 Å². The van der Waals surface area contributed by atoms with Crippen molar-refractivity contribution in [2.75, 3.05) is 31.1 Å². The van der Waals surface area contributed by atoms with Crippen molar-refractivity contribution in [1.82, 2.24) is 9.88 Å². The molecule has 0 saturated heterocycles. The van der Waals surface area contributed by atoms with Gasteiger partial charge in [0.05, 0.1) is 5.56 Å². The van der Waals surface area contributed by atoms with E-state index < -0.39 is 0 Å². The van der Waals surface area contributed by atoms with Gasteiger partial charge in [-0.15, -0.1) is 6.58 Å². The van der Waals surface area contributed by atoms with Crippen molar-refractivity contribution in [3.63, 3.8) is 0 Å². The zero-order valence-electron chi connectivity index (χ0n) is 15.7. The first kappa shape index (κ1) is 20.8. The number of likely N-dealkylation sites (N-methyl/N-ethyl adjacent to an activating group) is 1. The van der Waals surface area contributed by atoms with E-state index in [1.807, 2.05) is 6.08 Å². The van der Waals surface area contributed by atoms with Crippen LogP contribution in [0.1, 0.15) is 35.2 Å². The van der Waals surface area contributed by atoms with Crippen LogP contribution in [0.2, 0.25) is 10.3 Å². The quantitative estimate of drug-likeness (QED) is 0.456. The van der Waals surface area contributed by atoms with Gasteiger partial charge in [0.1, 0.15) is 16.1 Å². The van der Waals surface area contributed by atoms with E-state index in [4.69, 9.17) is 23.2 Å². The van der Waals surface area contributed by atoms with Crippen molar-refractivity contribution in [3.8, 4) is 0 Å². The average Bonchev–Trinajstić information content (AvgIpc) is 3.02. The molecule has 0 aliphatic carbocycles. The number of nitrogens with zero attached hydrogens (tertiary/aromatic N) is 3. The highest BCUT2D eigenvalue weighted by atomic mass is 35.5. The maximum atomic E-state index is 13.9. The second kappa shape index (κ2) is 9.03. The summed E-state index contributed by atoms with van der Waals surface area (Å²) in [4.78, 5) is 21.0. The molecule has 1 atom stereocenters. The fraction of sp³-hybridized carbons (Fsp3) is 0.333. The summed E-state index contributed by atoms with van der Waals surface area (Å²) in [7, 11) is 0. The topological polar surface area (TPSA) is 36.4 Å². The van der Waals surface area contributed by atoms with Crippen LogP contribution in [0, 0.1) is 5.82 Å². The maximum absolute atomic E-state index is 13.9. The summed E-state index contributed by atoms with van der Waals surface area (Å²) in [5.74, 6) is -0.516. The fourth-order valence-corrected chi connectivity index (χ4v) is 4.00. The normalized spacial score (nSPS) is 15.8. The summed E-state index contributed by atoms with van der Waals surface area (Å²) in [6.07, 6.45) is 2.69. The van der Waals surface area contributed by atoms with Gasteiger partial charge >= 0.3 is 0 Å². The first-order chi connectivity index (χ1) is 13.4. The minimum atomic E-state index is -0.303. The molecule has 2 heterocycles. The molecule has 148 valence electrons. The molecule has 0 fully saturated rings. The van der Waals surface area contributed by atoms with Crippen molar-refractivity contribution in [1.29, 1.82) is 0 Å². The van der Waals surface area contributed by atoms with Crippen LogP contribution in [0.4, 0.5) is 10.1 Å². The van der Waals surface area contributed by atoms with Crippen molar-refractivity contribution >= 4 is 34.8 Å². The summed E-state index contributed by atoms with van der Waals surface area (Å²) in [5, 5.41) is 0.290. The van der Waals surface area contributed by atoms with Gasteiger partial charge in [-0.05, 0) is 55.4 Å². The first-order valence-corrected chi connectivity index (χ1v) is 9.96. The molecular formula is C21H22Cl2FN3O. The molecular weight excluding hydrogens is 400 g/mol. The van der Waals surface area contributed by atoms with E-state index in [-0.39, 0.29) is 33.5 Å². The highest BCUT2D eigenvalue weighted by Gasteiger charge is 2.34. The molecule has 4 nitrogen and oxygen atoms in total. The van der Waals surface area contributed by atoms with Gasteiger partial charge in [-0.3, -0.25) is 9.69 Å². The number of pyridine rings is 1. The molecule has 1 aliphatic rings. The summed E-state index contributed by atoms with van der Waals surface area (Å²) < 4.78 is 13.9. The Kier molecular flexibility index (Phi) is 6.70. The number of carbonyl (C=O) groups is 1. The Morgan fingerprint density at radius 3 is 2.86 bits per heavy atom. The van der Waals surface area contributed by atoms with Crippen LogP contribution in [0.25, 0.3) is 0 Å². The molecule has 3 rings (SSSR count). The smallest absolute Gasteiger partial charge is 0.261 e. The molecule has 1 amide bonds. The molecule has 0 spiro atoms. The Hall–Kier alpha value is -1.95. The number of aromatic nitrogens is 1. The molecule has 1 aliphatic heterocycles. The predicted octanol–water partition coefficient (Wildman–Crippen LogP) is 5.17. The number of fused-ring (bicyclic) bond motifs is 1. The van der Waals surface area contributed by atoms with Crippen LogP contribution in [0.15, 0.2) is 43.0 Å². The first-order valence-electron chi connectivity index (χ1n) is 9.21. The van der Waals surface area contributed by atoms with Crippen LogP contribution in [0.3, 0.4) is 0 Å². The Labute approximate surface area is 174 Å². The zero-order valence-corrected chi connectivity index (χ0v) is 17.2. The highest BCUT2D eigenvalue weighted by molar-refractivity contribution is 6.35. The van der Waals surface area contributed by atoms with Gasteiger partial charge in [-0.2, -0.15) is 0 Å². The Balaban J connectivity index is 1.86. The number of rotatable bonds is 7. The maximum Gasteiger partial charge on any atom is 0.261 e. The molecule has 1 aromatic heterocycles. The SMILES string of the molecule is C=CCN(CC)CCC1CN(C(=O)c2ccc(Cl)nc2Cl)c2ccc(F)cc21. The van der Waals surface area contributed by atoms with Crippen LogP contribution in [0.5, 0.6) is 0 Å². The standard InChI is InChI=1S/C21H22Cl2FN3O/c1-3-10-26(4-2)11-9-14-13-27(18-7-5-15(24)12-17(14)18)21(28)16-6-8-19(22)25-20(16)23/h3,5-8,12,14H,1,4,9-11,13H2,2H3. The van der Waals surface area contributed by atoms with E-state index in [0.29, 0.717) is 12.2 Å². The lowest BCUT2D eigenvalue weighted by atomic mass is 9.97. The number of hydrogen-bond donors (Lipinski definition) is 0. The molecule has 1 unspecified atom stereocenters. The van der Waals surface area contributed by atoms with Gasteiger partial charge in [0.2, 0.25) is 0 Å². The van der Waals surface area contributed by atoms with Crippen molar-refractivity contribution in [2.45, 2.75) is 19.3 Å². The summed E-state index contributed by atoms with van der Waals surface area (Å²) >= 11 is 12.0. The monoisotopic (exact) mass is 421 g/mol. The predicted molar refractivity (Wildman–Crippen MR) is 112 cm³/mol. The van der Waals surface area contributed by atoms with E-state index >= 15 is 0 Å². The van der Waals surface area contributed by atoms with Gasteiger partial charge in [0.15, 0.2) is 0 Å². The van der Waals surface area contributed by atoms with Crippen LogP contribution >= 0.6 is 23.2 Å². The van der Waals surface area contributed by atoms with E-state index in [1.54, 1.807) is 17.0 Å². The average molecular weight is 422 g/mol. The third-order valence-corrected chi connectivity index (χ3v) is 5.54. The second-order valence-corrected chi connectivity index (χ2v) is 7.50. The Bertz CT molecular complexity index is 890. The Morgan fingerprint density at radius 1 is 1.39 bits per heavy atom. The molecule has 0 bridgehead atoms. The fourth-order valence-electron chi connectivity index (χ4n) is 3.57. The van der Waals surface area contributed by atoms with E-state index in [0.717, 1.165) is 31.6 Å². The summed E-state index contributed by atoms with van der Waals surface area (Å²) in [6.45, 7) is 8.90. The highest BCUT2D eigenvalue weighted by Crippen LogP contribution is 2.40. The summed E-state index contributed by atoms with van der Waals surface area (Å²) in [6, 6.07) is 7.66.